The topological polar surface area (TPSA) is 49.3 Å². The Hall–Kier alpha value is -0.870. The monoisotopic (exact) mass is 255 g/mol. The van der Waals surface area contributed by atoms with Crippen molar-refractivity contribution >= 4 is 17.3 Å². The number of carbonyl (C=O) groups is 1. The minimum Gasteiger partial charge on any atom is -0.480 e. The zero-order chi connectivity index (χ0) is 13.2. The van der Waals surface area contributed by atoms with Gasteiger partial charge < -0.3 is 5.11 Å². The maximum atomic E-state index is 11.1. The average Bonchev–Trinajstić information content (AvgIpc) is 2.53. The minimum atomic E-state index is -0.781. The molecule has 1 rings (SSSR count). The predicted molar refractivity (Wildman–Crippen MR) is 71.6 cm³/mol. The van der Waals surface area contributed by atoms with Crippen molar-refractivity contribution in [2.45, 2.75) is 46.7 Å². The second kappa shape index (κ2) is 5.65. The van der Waals surface area contributed by atoms with Crippen LogP contribution in [0.1, 0.15) is 42.1 Å². The lowest BCUT2D eigenvalue weighted by Crippen LogP contribution is -2.42. The number of hydrogen-bond donors (Lipinski definition) is 2. The van der Waals surface area contributed by atoms with Crippen LogP contribution in [-0.2, 0) is 4.79 Å². The van der Waals surface area contributed by atoms with Crippen LogP contribution >= 0.6 is 11.3 Å². The van der Waals surface area contributed by atoms with Gasteiger partial charge in [0.2, 0.25) is 0 Å². The number of thiophene rings is 1. The van der Waals surface area contributed by atoms with E-state index in [1.807, 2.05) is 20.8 Å². The molecule has 0 fully saturated rings. The van der Waals surface area contributed by atoms with Gasteiger partial charge in [0.15, 0.2) is 0 Å². The molecule has 2 unspecified atom stereocenters. The van der Waals surface area contributed by atoms with E-state index in [0.717, 1.165) is 0 Å². The van der Waals surface area contributed by atoms with Crippen molar-refractivity contribution in [3.63, 3.8) is 0 Å². The summed E-state index contributed by atoms with van der Waals surface area (Å²) in [6.45, 7) is 10.0. The molecule has 4 heteroatoms. The van der Waals surface area contributed by atoms with Crippen LogP contribution in [-0.4, -0.2) is 17.1 Å². The van der Waals surface area contributed by atoms with E-state index >= 15 is 0 Å². The highest BCUT2D eigenvalue weighted by Gasteiger charge is 2.24. The van der Waals surface area contributed by atoms with Crippen LogP contribution in [0, 0.1) is 19.8 Å². The third-order valence-corrected chi connectivity index (χ3v) is 3.89. The molecule has 2 atom stereocenters. The molecule has 0 aliphatic heterocycles. The van der Waals surface area contributed by atoms with Crippen molar-refractivity contribution in [2.24, 2.45) is 5.92 Å². The molecule has 0 amide bonds. The summed E-state index contributed by atoms with van der Waals surface area (Å²) < 4.78 is 0. The van der Waals surface area contributed by atoms with Crippen LogP contribution in [0.15, 0.2) is 6.07 Å². The van der Waals surface area contributed by atoms with E-state index in [0.29, 0.717) is 0 Å². The molecular formula is C13H21NO2S. The first-order chi connectivity index (χ1) is 7.82. The lowest BCUT2D eigenvalue weighted by Gasteiger charge is -2.23. The van der Waals surface area contributed by atoms with E-state index in [-0.39, 0.29) is 12.0 Å². The summed E-state index contributed by atoms with van der Waals surface area (Å²) in [7, 11) is 0. The van der Waals surface area contributed by atoms with E-state index in [2.05, 4.69) is 25.2 Å². The number of rotatable bonds is 5. The Bertz CT molecular complexity index is 398. The molecule has 96 valence electrons. The van der Waals surface area contributed by atoms with E-state index in [1.165, 1.54) is 15.3 Å². The van der Waals surface area contributed by atoms with Gasteiger partial charge in [-0.2, -0.15) is 0 Å². The first kappa shape index (κ1) is 14.2. The summed E-state index contributed by atoms with van der Waals surface area (Å²) >= 11 is 1.75. The number of aliphatic carboxylic acids is 1. The molecule has 1 heterocycles. The number of carboxylic acids is 1. The first-order valence-corrected chi connectivity index (χ1v) is 6.70. The van der Waals surface area contributed by atoms with E-state index in [9.17, 15) is 4.79 Å². The minimum absolute atomic E-state index is 0.0726. The smallest absolute Gasteiger partial charge is 0.320 e. The largest absolute Gasteiger partial charge is 0.480 e. The van der Waals surface area contributed by atoms with Crippen molar-refractivity contribution in [2.75, 3.05) is 0 Å². The fourth-order valence-electron chi connectivity index (χ4n) is 1.99. The number of nitrogens with one attached hydrogen (secondary N) is 1. The van der Waals surface area contributed by atoms with Gasteiger partial charge in [-0.3, -0.25) is 10.1 Å². The van der Waals surface area contributed by atoms with Crippen LogP contribution in [0.5, 0.6) is 0 Å². The third-order valence-electron chi connectivity index (χ3n) is 2.91. The van der Waals surface area contributed by atoms with Gasteiger partial charge >= 0.3 is 5.97 Å². The second-order valence-electron chi connectivity index (χ2n) is 4.82. The molecule has 1 aromatic heterocycles. The summed E-state index contributed by atoms with van der Waals surface area (Å²) in [5.41, 5.74) is 1.21. The van der Waals surface area contributed by atoms with Crippen LogP contribution in [0.2, 0.25) is 0 Å². The van der Waals surface area contributed by atoms with Crippen LogP contribution in [0.25, 0.3) is 0 Å². The van der Waals surface area contributed by atoms with Crippen molar-refractivity contribution in [3.8, 4) is 0 Å². The average molecular weight is 255 g/mol. The van der Waals surface area contributed by atoms with Gasteiger partial charge in [0.25, 0.3) is 0 Å². The zero-order valence-corrected chi connectivity index (χ0v) is 11.9. The molecule has 0 aliphatic rings. The first-order valence-electron chi connectivity index (χ1n) is 5.88. The standard InChI is InChI=1S/C13H21NO2S/c1-7(2)12(13(15)16)14-9(4)11-6-8(3)17-10(11)5/h6-7,9,12,14H,1-5H3,(H,15,16). The molecule has 0 aromatic carbocycles. The lowest BCUT2D eigenvalue weighted by atomic mass is 10.0. The SMILES string of the molecule is Cc1cc(C(C)NC(C(=O)O)C(C)C)c(C)s1. The lowest BCUT2D eigenvalue weighted by molar-refractivity contribution is -0.140. The fourth-order valence-corrected chi connectivity index (χ4v) is 3.01. The number of carboxylic acid groups (broad SMARTS) is 1. The highest BCUT2D eigenvalue weighted by atomic mass is 32.1. The number of aryl methyl sites for hydroxylation is 2. The van der Waals surface area contributed by atoms with Gasteiger partial charge in [0.1, 0.15) is 6.04 Å². The molecule has 0 radical (unpaired) electrons. The molecule has 0 spiro atoms. The molecule has 1 aromatic rings. The Morgan fingerprint density at radius 1 is 1.35 bits per heavy atom. The van der Waals surface area contributed by atoms with Crippen LogP contribution in [0.4, 0.5) is 0 Å². The summed E-state index contributed by atoms with van der Waals surface area (Å²) in [5, 5.41) is 12.3. The van der Waals surface area contributed by atoms with Gasteiger partial charge in [-0.05, 0) is 38.3 Å². The Morgan fingerprint density at radius 2 is 1.94 bits per heavy atom. The van der Waals surface area contributed by atoms with Crippen molar-refractivity contribution < 1.29 is 9.90 Å². The van der Waals surface area contributed by atoms with Crippen LogP contribution < -0.4 is 5.32 Å². The molecule has 0 saturated heterocycles. The summed E-state index contributed by atoms with van der Waals surface area (Å²) in [5.74, 6) is -0.702. The number of hydrogen-bond acceptors (Lipinski definition) is 3. The Morgan fingerprint density at radius 3 is 2.29 bits per heavy atom. The van der Waals surface area contributed by atoms with Gasteiger partial charge in [0, 0.05) is 15.8 Å². The Labute approximate surface area is 107 Å². The van der Waals surface area contributed by atoms with Crippen molar-refractivity contribution in [1.82, 2.24) is 5.32 Å². The third kappa shape index (κ3) is 3.54. The molecule has 0 aliphatic carbocycles. The second-order valence-corrected chi connectivity index (χ2v) is 6.28. The normalized spacial score (nSPS) is 14.9. The molecule has 0 saturated carbocycles. The van der Waals surface area contributed by atoms with Gasteiger partial charge in [-0.1, -0.05) is 13.8 Å². The maximum Gasteiger partial charge on any atom is 0.320 e. The maximum absolute atomic E-state index is 11.1. The predicted octanol–water partition coefficient (Wildman–Crippen LogP) is 3.12. The Balaban J connectivity index is 2.80. The molecule has 2 N–H and O–H groups in total. The van der Waals surface area contributed by atoms with Crippen molar-refractivity contribution in [1.29, 1.82) is 0 Å². The zero-order valence-electron chi connectivity index (χ0n) is 11.1. The molecule has 17 heavy (non-hydrogen) atoms. The van der Waals surface area contributed by atoms with E-state index in [1.54, 1.807) is 11.3 Å². The van der Waals surface area contributed by atoms with Gasteiger partial charge in [0.05, 0.1) is 0 Å². The summed E-state index contributed by atoms with van der Waals surface area (Å²) in [6.07, 6.45) is 0. The van der Waals surface area contributed by atoms with Gasteiger partial charge in [-0.15, -0.1) is 11.3 Å². The molecule has 3 nitrogen and oxygen atoms in total. The molecular weight excluding hydrogens is 234 g/mol. The fraction of sp³-hybridized carbons (Fsp3) is 0.615. The van der Waals surface area contributed by atoms with Crippen molar-refractivity contribution in [3.05, 3.63) is 21.4 Å². The quantitative estimate of drug-likeness (QED) is 0.850. The Kier molecular flexibility index (Phi) is 4.71. The highest BCUT2D eigenvalue weighted by molar-refractivity contribution is 7.12. The van der Waals surface area contributed by atoms with E-state index < -0.39 is 12.0 Å². The van der Waals surface area contributed by atoms with Crippen LogP contribution in [0.3, 0.4) is 0 Å². The summed E-state index contributed by atoms with van der Waals surface area (Å²) in [4.78, 5) is 13.7. The highest BCUT2D eigenvalue weighted by Crippen LogP contribution is 2.26. The molecule has 0 bridgehead atoms. The van der Waals surface area contributed by atoms with Gasteiger partial charge in [-0.25, -0.2) is 0 Å². The summed E-state index contributed by atoms with van der Waals surface area (Å²) in [6, 6.07) is 1.71. The van der Waals surface area contributed by atoms with E-state index in [4.69, 9.17) is 5.11 Å².